The molecule has 0 atom stereocenters. The fourth-order valence-electron chi connectivity index (χ4n) is 2.49. The molecule has 6 heteroatoms. The second-order valence-corrected chi connectivity index (χ2v) is 5.92. The maximum atomic E-state index is 5.96. The molecule has 0 radical (unpaired) electrons. The highest BCUT2D eigenvalue weighted by Gasteiger charge is 2.30. The Morgan fingerprint density at radius 2 is 2.05 bits per heavy atom. The molecule has 21 heavy (non-hydrogen) atoms. The summed E-state index contributed by atoms with van der Waals surface area (Å²) in [5.74, 6) is 1.95. The number of nitrogens with zero attached hydrogens (tertiary/aromatic N) is 4. The average molecular weight is 345 g/mol. The molecule has 3 aromatic rings. The second-order valence-electron chi connectivity index (χ2n) is 5.01. The standard InChI is InChI=1S/C15H13BrN4O/c16-11-2-1-3-12(8-11)21-13-9-19(10-13)15-5-6-17-14-4-7-18-20(14)15/h1-8,13H,9-10H2. The Kier molecular flexibility index (Phi) is 3.03. The van der Waals surface area contributed by atoms with Gasteiger partial charge in [0.25, 0.3) is 0 Å². The topological polar surface area (TPSA) is 42.7 Å². The van der Waals surface area contributed by atoms with E-state index in [9.17, 15) is 0 Å². The normalized spacial score (nSPS) is 15.2. The molecule has 1 fully saturated rings. The predicted molar refractivity (Wildman–Crippen MR) is 83.8 cm³/mol. The Morgan fingerprint density at radius 1 is 1.14 bits per heavy atom. The van der Waals surface area contributed by atoms with Crippen LogP contribution in [0.25, 0.3) is 5.65 Å². The molecule has 0 saturated carbocycles. The van der Waals surface area contributed by atoms with E-state index in [2.05, 4.69) is 30.9 Å². The first-order chi connectivity index (χ1) is 10.3. The molecule has 1 aromatic carbocycles. The molecule has 0 bridgehead atoms. The SMILES string of the molecule is Brc1cccc(OC2CN(c3ccnc4ccnn34)C2)c1. The van der Waals surface area contributed by atoms with E-state index in [1.165, 1.54) is 0 Å². The van der Waals surface area contributed by atoms with Crippen molar-refractivity contribution in [3.05, 3.63) is 53.3 Å². The van der Waals surface area contributed by atoms with Crippen molar-refractivity contribution in [1.29, 1.82) is 0 Å². The maximum absolute atomic E-state index is 5.96. The maximum Gasteiger partial charge on any atom is 0.157 e. The van der Waals surface area contributed by atoms with Crippen LogP contribution in [0.1, 0.15) is 0 Å². The van der Waals surface area contributed by atoms with Crippen molar-refractivity contribution in [2.75, 3.05) is 18.0 Å². The van der Waals surface area contributed by atoms with Crippen molar-refractivity contribution >= 4 is 27.4 Å². The molecule has 106 valence electrons. The van der Waals surface area contributed by atoms with Crippen LogP contribution in [-0.2, 0) is 0 Å². The van der Waals surface area contributed by atoms with Crippen LogP contribution in [-0.4, -0.2) is 33.8 Å². The number of benzene rings is 1. The lowest BCUT2D eigenvalue weighted by Gasteiger charge is -2.40. The lowest BCUT2D eigenvalue weighted by Crippen LogP contribution is -2.54. The van der Waals surface area contributed by atoms with Gasteiger partial charge in [0.2, 0.25) is 0 Å². The molecule has 2 aromatic heterocycles. The van der Waals surface area contributed by atoms with Gasteiger partial charge in [-0.2, -0.15) is 9.61 Å². The van der Waals surface area contributed by atoms with Crippen LogP contribution in [0.2, 0.25) is 0 Å². The van der Waals surface area contributed by atoms with Gasteiger partial charge in [-0.15, -0.1) is 0 Å². The number of halogens is 1. The highest BCUT2D eigenvalue weighted by Crippen LogP contribution is 2.25. The van der Waals surface area contributed by atoms with Crippen LogP contribution in [0.5, 0.6) is 5.75 Å². The first-order valence-corrected chi connectivity index (χ1v) is 7.55. The van der Waals surface area contributed by atoms with Gasteiger partial charge in [-0.25, -0.2) is 4.98 Å². The molecular weight excluding hydrogens is 332 g/mol. The van der Waals surface area contributed by atoms with Crippen LogP contribution in [0.3, 0.4) is 0 Å². The van der Waals surface area contributed by atoms with E-state index in [4.69, 9.17) is 4.74 Å². The summed E-state index contributed by atoms with van der Waals surface area (Å²) in [4.78, 5) is 6.52. The molecule has 0 aliphatic carbocycles. The summed E-state index contributed by atoms with van der Waals surface area (Å²) < 4.78 is 8.85. The van der Waals surface area contributed by atoms with Crippen LogP contribution >= 0.6 is 15.9 Å². The minimum absolute atomic E-state index is 0.207. The average Bonchev–Trinajstić information content (AvgIpc) is 2.91. The van der Waals surface area contributed by atoms with Crippen LogP contribution in [0.15, 0.2) is 53.3 Å². The minimum Gasteiger partial charge on any atom is -0.487 e. The summed E-state index contributed by atoms with van der Waals surface area (Å²) >= 11 is 3.45. The van der Waals surface area contributed by atoms with E-state index >= 15 is 0 Å². The predicted octanol–water partition coefficient (Wildman–Crippen LogP) is 2.76. The summed E-state index contributed by atoms with van der Waals surface area (Å²) in [7, 11) is 0. The lowest BCUT2D eigenvalue weighted by molar-refractivity contribution is 0.166. The van der Waals surface area contributed by atoms with Crippen molar-refractivity contribution in [1.82, 2.24) is 14.6 Å². The van der Waals surface area contributed by atoms with Crippen molar-refractivity contribution in [2.24, 2.45) is 0 Å². The van der Waals surface area contributed by atoms with Crippen molar-refractivity contribution < 1.29 is 4.74 Å². The third-order valence-electron chi connectivity index (χ3n) is 3.54. The summed E-state index contributed by atoms with van der Waals surface area (Å²) in [6.45, 7) is 1.71. The number of anilines is 1. The number of hydrogen-bond donors (Lipinski definition) is 0. The van der Waals surface area contributed by atoms with E-state index in [-0.39, 0.29) is 6.10 Å². The monoisotopic (exact) mass is 344 g/mol. The smallest absolute Gasteiger partial charge is 0.157 e. The Balaban J connectivity index is 1.46. The van der Waals surface area contributed by atoms with Crippen LogP contribution in [0.4, 0.5) is 5.82 Å². The van der Waals surface area contributed by atoms with Gasteiger partial charge in [-0.1, -0.05) is 22.0 Å². The molecular formula is C15H13BrN4O. The number of hydrogen-bond acceptors (Lipinski definition) is 4. The molecule has 1 aliphatic heterocycles. The zero-order valence-electron chi connectivity index (χ0n) is 11.2. The Hall–Kier alpha value is -2.08. The number of ether oxygens (including phenoxy) is 1. The van der Waals surface area contributed by atoms with E-state index < -0.39 is 0 Å². The molecule has 1 aliphatic rings. The van der Waals surface area contributed by atoms with Gasteiger partial charge < -0.3 is 9.64 Å². The van der Waals surface area contributed by atoms with Gasteiger partial charge in [0, 0.05) is 16.7 Å². The van der Waals surface area contributed by atoms with E-state index in [0.29, 0.717) is 0 Å². The van der Waals surface area contributed by atoms with E-state index in [1.54, 1.807) is 6.20 Å². The van der Waals surface area contributed by atoms with Gasteiger partial charge in [0.15, 0.2) is 5.65 Å². The molecule has 0 amide bonds. The molecule has 0 unspecified atom stereocenters. The highest BCUT2D eigenvalue weighted by molar-refractivity contribution is 9.10. The Labute approximate surface area is 130 Å². The van der Waals surface area contributed by atoms with Crippen molar-refractivity contribution in [3.63, 3.8) is 0 Å². The molecule has 3 heterocycles. The van der Waals surface area contributed by atoms with Crippen LogP contribution < -0.4 is 9.64 Å². The van der Waals surface area contributed by atoms with Gasteiger partial charge in [0.05, 0.1) is 19.3 Å². The Morgan fingerprint density at radius 3 is 2.90 bits per heavy atom. The lowest BCUT2D eigenvalue weighted by atomic mass is 10.1. The first kappa shape index (κ1) is 12.6. The number of fused-ring (bicyclic) bond motifs is 1. The fourth-order valence-corrected chi connectivity index (χ4v) is 2.87. The van der Waals surface area contributed by atoms with Crippen molar-refractivity contribution in [2.45, 2.75) is 6.10 Å². The number of rotatable bonds is 3. The van der Waals surface area contributed by atoms with Gasteiger partial charge >= 0.3 is 0 Å². The van der Waals surface area contributed by atoms with Crippen LogP contribution in [0, 0.1) is 0 Å². The third-order valence-corrected chi connectivity index (χ3v) is 4.03. The molecule has 0 spiro atoms. The summed E-state index contributed by atoms with van der Waals surface area (Å²) in [6, 6.07) is 11.8. The first-order valence-electron chi connectivity index (χ1n) is 6.75. The zero-order chi connectivity index (χ0) is 14.2. The largest absolute Gasteiger partial charge is 0.487 e. The highest BCUT2D eigenvalue weighted by atomic mass is 79.9. The van der Waals surface area contributed by atoms with Crippen molar-refractivity contribution in [3.8, 4) is 5.75 Å². The summed E-state index contributed by atoms with van der Waals surface area (Å²) in [5.41, 5.74) is 0.865. The van der Waals surface area contributed by atoms with E-state index in [0.717, 1.165) is 34.8 Å². The summed E-state index contributed by atoms with van der Waals surface area (Å²) in [6.07, 6.45) is 3.79. The summed E-state index contributed by atoms with van der Waals surface area (Å²) in [5, 5.41) is 4.31. The molecule has 5 nitrogen and oxygen atoms in total. The van der Waals surface area contributed by atoms with Gasteiger partial charge in [-0.05, 0) is 24.3 Å². The van der Waals surface area contributed by atoms with E-state index in [1.807, 2.05) is 47.1 Å². The molecule has 0 N–H and O–H groups in total. The van der Waals surface area contributed by atoms with Gasteiger partial charge in [0.1, 0.15) is 17.7 Å². The zero-order valence-corrected chi connectivity index (χ0v) is 12.8. The number of aromatic nitrogens is 3. The molecule has 4 rings (SSSR count). The Bertz CT molecular complexity index is 782. The minimum atomic E-state index is 0.207. The quantitative estimate of drug-likeness (QED) is 0.732. The third kappa shape index (κ3) is 2.35. The molecule has 1 saturated heterocycles. The second kappa shape index (κ2) is 5.04. The van der Waals surface area contributed by atoms with Gasteiger partial charge in [-0.3, -0.25) is 0 Å². The fraction of sp³-hybridized carbons (Fsp3) is 0.200.